The van der Waals surface area contributed by atoms with Crippen LogP contribution in [-0.2, 0) is 11.3 Å². The molecule has 0 aliphatic carbocycles. The Kier molecular flexibility index (Phi) is 6.13. The van der Waals surface area contributed by atoms with Crippen LogP contribution < -0.4 is 10.6 Å². The van der Waals surface area contributed by atoms with Gasteiger partial charge in [0.1, 0.15) is 11.6 Å². The number of hydrogen-bond donors (Lipinski definition) is 3. The van der Waals surface area contributed by atoms with Gasteiger partial charge in [0.2, 0.25) is 5.91 Å². The van der Waals surface area contributed by atoms with Gasteiger partial charge in [0, 0.05) is 31.7 Å². The van der Waals surface area contributed by atoms with Crippen molar-refractivity contribution in [1.82, 2.24) is 15.2 Å². The van der Waals surface area contributed by atoms with Gasteiger partial charge in [-0.1, -0.05) is 23.7 Å². The zero-order valence-corrected chi connectivity index (χ0v) is 15.4. The van der Waals surface area contributed by atoms with Gasteiger partial charge in [0.05, 0.1) is 5.02 Å². The molecule has 0 unspecified atom stereocenters. The van der Waals surface area contributed by atoms with Crippen molar-refractivity contribution in [2.45, 2.75) is 19.4 Å². The molecule has 3 rings (SSSR count). The first-order valence-electron chi connectivity index (χ1n) is 8.74. The van der Waals surface area contributed by atoms with Crippen molar-refractivity contribution in [2.24, 2.45) is 5.92 Å². The van der Waals surface area contributed by atoms with Crippen molar-refractivity contribution in [2.75, 3.05) is 18.4 Å². The molecule has 8 heteroatoms. The highest BCUT2D eigenvalue weighted by Gasteiger charge is 2.27. The van der Waals surface area contributed by atoms with Crippen molar-refractivity contribution >= 4 is 29.4 Å². The van der Waals surface area contributed by atoms with E-state index in [1.807, 2.05) is 6.07 Å². The SMILES string of the molecule is O=C(Nc1ccc(Cl)cn1)C1CCN(C(=O)NCc2cccc(O)c2)CC1. The van der Waals surface area contributed by atoms with Crippen LogP contribution in [0.25, 0.3) is 0 Å². The number of piperidine rings is 1. The minimum Gasteiger partial charge on any atom is -0.508 e. The molecule has 142 valence electrons. The standard InChI is InChI=1S/C19H21ClN4O3/c20-15-4-5-17(21-12-15)23-18(26)14-6-8-24(9-7-14)19(27)22-11-13-2-1-3-16(25)10-13/h1-5,10,12,14,25H,6-9,11H2,(H,22,27)(H,21,23,26). The fourth-order valence-electron chi connectivity index (χ4n) is 2.98. The Morgan fingerprint density at radius 1 is 1.22 bits per heavy atom. The number of hydrogen-bond acceptors (Lipinski definition) is 4. The number of likely N-dealkylation sites (tertiary alicyclic amines) is 1. The first-order valence-corrected chi connectivity index (χ1v) is 9.12. The summed E-state index contributed by atoms with van der Waals surface area (Å²) in [5.74, 6) is 0.390. The number of carbonyl (C=O) groups excluding carboxylic acids is 2. The third kappa shape index (κ3) is 5.34. The number of amides is 3. The highest BCUT2D eigenvalue weighted by molar-refractivity contribution is 6.30. The topological polar surface area (TPSA) is 94.6 Å². The van der Waals surface area contributed by atoms with E-state index >= 15 is 0 Å². The van der Waals surface area contributed by atoms with Crippen LogP contribution in [0, 0.1) is 5.92 Å². The molecule has 0 spiro atoms. The molecule has 0 radical (unpaired) electrons. The van der Waals surface area contributed by atoms with Crippen LogP contribution in [0.4, 0.5) is 10.6 Å². The highest BCUT2D eigenvalue weighted by atomic mass is 35.5. The number of aromatic nitrogens is 1. The predicted molar refractivity (Wildman–Crippen MR) is 103 cm³/mol. The summed E-state index contributed by atoms with van der Waals surface area (Å²) in [5.41, 5.74) is 0.827. The molecule has 3 amide bonds. The molecule has 1 aromatic carbocycles. The molecule has 0 bridgehead atoms. The molecular weight excluding hydrogens is 368 g/mol. The van der Waals surface area contributed by atoms with Gasteiger partial charge in [-0.25, -0.2) is 9.78 Å². The molecule has 7 nitrogen and oxygen atoms in total. The average Bonchev–Trinajstić information content (AvgIpc) is 2.68. The predicted octanol–water partition coefficient (Wildman–Crippen LogP) is 3.00. The monoisotopic (exact) mass is 388 g/mol. The minimum atomic E-state index is -0.170. The van der Waals surface area contributed by atoms with Crippen molar-refractivity contribution in [1.29, 1.82) is 0 Å². The fourth-order valence-corrected chi connectivity index (χ4v) is 3.09. The van der Waals surface area contributed by atoms with E-state index in [2.05, 4.69) is 15.6 Å². The molecule has 1 aliphatic heterocycles. The number of nitrogens with one attached hydrogen (secondary N) is 2. The molecule has 0 atom stereocenters. The second kappa shape index (κ2) is 8.73. The van der Waals surface area contributed by atoms with Crippen molar-refractivity contribution in [3.8, 4) is 5.75 Å². The zero-order chi connectivity index (χ0) is 19.2. The lowest BCUT2D eigenvalue weighted by Crippen LogP contribution is -2.45. The number of nitrogens with zero attached hydrogens (tertiary/aromatic N) is 2. The number of anilines is 1. The summed E-state index contributed by atoms with van der Waals surface area (Å²) in [6.45, 7) is 1.37. The molecule has 1 aromatic heterocycles. The van der Waals surface area contributed by atoms with Gasteiger partial charge < -0.3 is 20.6 Å². The van der Waals surface area contributed by atoms with Gasteiger partial charge in [0.25, 0.3) is 0 Å². The molecule has 27 heavy (non-hydrogen) atoms. The summed E-state index contributed by atoms with van der Waals surface area (Å²) in [5, 5.41) is 15.6. The Bertz CT molecular complexity index is 805. The number of rotatable bonds is 4. The van der Waals surface area contributed by atoms with Crippen LogP contribution in [0.3, 0.4) is 0 Å². The third-order valence-electron chi connectivity index (χ3n) is 4.49. The van der Waals surface area contributed by atoms with Crippen LogP contribution in [0.15, 0.2) is 42.6 Å². The van der Waals surface area contributed by atoms with E-state index in [1.54, 1.807) is 35.2 Å². The van der Waals surface area contributed by atoms with Gasteiger partial charge in [-0.15, -0.1) is 0 Å². The van der Waals surface area contributed by atoms with Crippen molar-refractivity contribution < 1.29 is 14.7 Å². The molecule has 2 heterocycles. The molecule has 1 aliphatic rings. The van der Waals surface area contributed by atoms with Crippen LogP contribution in [-0.4, -0.2) is 40.0 Å². The molecule has 1 saturated heterocycles. The smallest absolute Gasteiger partial charge is 0.317 e. The van der Waals surface area contributed by atoms with E-state index in [9.17, 15) is 14.7 Å². The number of urea groups is 1. The van der Waals surface area contributed by atoms with Crippen LogP contribution in [0.5, 0.6) is 5.75 Å². The summed E-state index contributed by atoms with van der Waals surface area (Å²) in [6.07, 6.45) is 2.68. The number of pyridine rings is 1. The second-order valence-electron chi connectivity index (χ2n) is 6.44. The Morgan fingerprint density at radius 2 is 2.00 bits per heavy atom. The lowest BCUT2D eigenvalue weighted by atomic mass is 9.96. The molecule has 1 fully saturated rings. The second-order valence-corrected chi connectivity index (χ2v) is 6.88. The van der Waals surface area contributed by atoms with Crippen molar-refractivity contribution in [3.63, 3.8) is 0 Å². The minimum absolute atomic E-state index is 0.0929. The summed E-state index contributed by atoms with van der Waals surface area (Å²) < 4.78 is 0. The Hall–Kier alpha value is -2.80. The maximum Gasteiger partial charge on any atom is 0.317 e. The van der Waals surface area contributed by atoms with Gasteiger partial charge in [-0.3, -0.25) is 4.79 Å². The normalized spacial score (nSPS) is 14.6. The fraction of sp³-hybridized carbons (Fsp3) is 0.316. The van der Waals surface area contributed by atoms with E-state index in [4.69, 9.17) is 11.6 Å². The summed E-state index contributed by atoms with van der Waals surface area (Å²) in [7, 11) is 0. The first-order chi connectivity index (χ1) is 13.0. The van der Waals surface area contributed by atoms with Gasteiger partial charge in [-0.2, -0.15) is 0 Å². The lowest BCUT2D eigenvalue weighted by Gasteiger charge is -2.31. The van der Waals surface area contributed by atoms with E-state index in [1.165, 1.54) is 6.20 Å². The molecular formula is C19H21ClN4O3. The Morgan fingerprint density at radius 3 is 2.67 bits per heavy atom. The molecule has 2 aromatic rings. The maximum absolute atomic E-state index is 12.3. The van der Waals surface area contributed by atoms with Crippen LogP contribution in [0.1, 0.15) is 18.4 Å². The third-order valence-corrected chi connectivity index (χ3v) is 4.71. The number of halogens is 1. The summed E-state index contributed by atoms with van der Waals surface area (Å²) in [4.78, 5) is 30.4. The number of phenols is 1. The molecule has 0 saturated carbocycles. The largest absolute Gasteiger partial charge is 0.508 e. The molecule has 3 N–H and O–H groups in total. The summed E-state index contributed by atoms with van der Waals surface area (Å²) in [6, 6.07) is 9.92. The first kappa shape index (κ1) is 19.0. The van der Waals surface area contributed by atoms with Crippen LogP contribution in [0.2, 0.25) is 5.02 Å². The maximum atomic E-state index is 12.3. The van der Waals surface area contributed by atoms with E-state index in [0.29, 0.717) is 43.3 Å². The number of aromatic hydroxyl groups is 1. The van der Waals surface area contributed by atoms with E-state index < -0.39 is 0 Å². The average molecular weight is 389 g/mol. The van der Waals surface area contributed by atoms with Gasteiger partial charge >= 0.3 is 6.03 Å². The Balaban J connectivity index is 1.44. The van der Waals surface area contributed by atoms with E-state index in [-0.39, 0.29) is 23.6 Å². The Labute approximate surface area is 162 Å². The highest BCUT2D eigenvalue weighted by Crippen LogP contribution is 2.20. The van der Waals surface area contributed by atoms with E-state index in [0.717, 1.165) is 5.56 Å². The number of carbonyl (C=O) groups is 2. The zero-order valence-electron chi connectivity index (χ0n) is 14.7. The lowest BCUT2D eigenvalue weighted by molar-refractivity contribution is -0.121. The van der Waals surface area contributed by atoms with Gasteiger partial charge in [-0.05, 0) is 42.7 Å². The summed E-state index contributed by atoms with van der Waals surface area (Å²) >= 11 is 5.78. The van der Waals surface area contributed by atoms with Crippen molar-refractivity contribution in [3.05, 3.63) is 53.2 Å². The van der Waals surface area contributed by atoms with Gasteiger partial charge in [0.15, 0.2) is 0 Å². The number of phenolic OH excluding ortho intramolecular Hbond substituents is 1. The quantitative estimate of drug-likeness (QED) is 0.750. The van der Waals surface area contributed by atoms with Crippen LogP contribution >= 0.6 is 11.6 Å². The number of benzene rings is 1.